The lowest BCUT2D eigenvalue weighted by Gasteiger charge is -2.29. The summed E-state index contributed by atoms with van der Waals surface area (Å²) in [5.41, 5.74) is 1.46. The Morgan fingerprint density at radius 2 is 2.16 bits per heavy atom. The zero-order valence-corrected chi connectivity index (χ0v) is 10.7. The number of anilines is 2. The van der Waals surface area contributed by atoms with E-state index in [2.05, 4.69) is 11.2 Å². The van der Waals surface area contributed by atoms with Crippen molar-refractivity contribution in [2.45, 2.75) is 25.7 Å². The van der Waals surface area contributed by atoms with Crippen molar-refractivity contribution in [3.05, 3.63) is 24.3 Å². The first-order valence-corrected chi connectivity index (χ1v) is 6.35. The number of rotatable bonds is 4. The minimum absolute atomic E-state index is 0.0284. The summed E-state index contributed by atoms with van der Waals surface area (Å²) in [4.78, 5) is 25.3. The maximum Gasteiger partial charge on any atom is 0.244 e. The van der Waals surface area contributed by atoms with Gasteiger partial charge in [-0.15, -0.1) is 12.3 Å². The molecule has 98 valence electrons. The van der Waals surface area contributed by atoms with Crippen molar-refractivity contribution in [1.82, 2.24) is 0 Å². The van der Waals surface area contributed by atoms with Gasteiger partial charge in [0.1, 0.15) is 6.54 Å². The number of amides is 2. The molecular formula is C15H16N2O2. The van der Waals surface area contributed by atoms with E-state index >= 15 is 0 Å². The second-order valence-corrected chi connectivity index (χ2v) is 4.46. The molecule has 0 atom stereocenters. The zero-order chi connectivity index (χ0) is 13.7. The van der Waals surface area contributed by atoms with E-state index < -0.39 is 0 Å². The summed E-state index contributed by atoms with van der Waals surface area (Å²) in [6.07, 6.45) is 7.87. The lowest BCUT2D eigenvalue weighted by molar-refractivity contribution is -0.122. The van der Waals surface area contributed by atoms with Crippen LogP contribution in [0.15, 0.2) is 24.3 Å². The summed E-state index contributed by atoms with van der Waals surface area (Å²) >= 11 is 0. The van der Waals surface area contributed by atoms with Crippen LogP contribution in [0.5, 0.6) is 0 Å². The molecule has 1 aromatic carbocycles. The van der Waals surface area contributed by atoms with Crippen LogP contribution in [0, 0.1) is 12.3 Å². The third-order valence-corrected chi connectivity index (χ3v) is 3.03. The molecule has 4 nitrogen and oxygen atoms in total. The van der Waals surface area contributed by atoms with Gasteiger partial charge in [-0.2, -0.15) is 0 Å². The van der Waals surface area contributed by atoms with Crippen molar-refractivity contribution in [3.63, 3.8) is 0 Å². The fourth-order valence-electron chi connectivity index (χ4n) is 2.09. The van der Waals surface area contributed by atoms with Gasteiger partial charge in [-0.1, -0.05) is 12.1 Å². The van der Waals surface area contributed by atoms with Gasteiger partial charge in [-0.05, 0) is 25.0 Å². The molecule has 0 saturated carbocycles. The zero-order valence-electron chi connectivity index (χ0n) is 10.7. The van der Waals surface area contributed by atoms with Crippen LogP contribution in [0.2, 0.25) is 0 Å². The molecule has 0 fully saturated rings. The Hall–Kier alpha value is -2.28. The summed E-state index contributed by atoms with van der Waals surface area (Å²) in [5.74, 6) is 2.37. The van der Waals surface area contributed by atoms with Gasteiger partial charge >= 0.3 is 0 Å². The number of carbonyl (C=O) groups excluding carboxylic acids is 2. The van der Waals surface area contributed by atoms with Crippen LogP contribution in [0.4, 0.5) is 11.4 Å². The average Bonchev–Trinajstić information content (AvgIpc) is 2.42. The highest BCUT2D eigenvalue weighted by atomic mass is 16.2. The minimum Gasteiger partial charge on any atom is -0.323 e. The molecule has 1 aromatic rings. The third kappa shape index (κ3) is 3.14. The molecular weight excluding hydrogens is 240 g/mol. The quantitative estimate of drug-likeness (QED) is 0.663. The Labute approximate surface area is 112 Å². The molecule has 0 saturated heterocycles. The molecule has 1 aliphatic heterocycles. The Morgan fingerprint density at radius 1 is 1.37 bits per heavy atom. The summed E-state index contributed by atoms with van der Waals surface area (Å²) in [6, 6.07) is 7.33. The van der Waals surface area contributed by atoms with E-state index in [-0.39, 0.29) is 18.4 Å². The Kier molecular flexibility index (Phi) is 4.19. The van der Waals surface area contributed by atoms with E-state index in [1.165, 1.54) is 0 Å². The van der Waals surface area contributed by atoms with Gasteiger partial charge < -0.3 is 10.2 Å². The predicted octanol–water partition coefficient (Wildman–Crippen LogP) is 2.17. The maximum absolute atomic E-state index is 12.2. The third-order valence-electron chi connectivity index (χ3n) is 3.03. The second kappa shape index (κ2) is 6.05. The Balaban J connectivity index is 2.06. The molecule has 0 aliphatic carbocycles. The molecule has 0 bridgehead atoms. The Morgan fingerprint density at radius 3 is 2.95 bits per heavy atom. The van der Waals surface area contributed by atoms with Crippen molar-refractivity contribution >= 4 is 23.2 Å². The lowest BCUT2D eigenvalue weighted by atomic mass is 10.1. The summed E-state index contributed by atoms with van der Waals surface area (Å²) in [7, 11) is 0. The monoisotopic (exact) mass is 256 g/mol. The van der Waals surface area contributed by atoms with Gasteiger partial charge in [0.2, 0.25) is 11.8 Å². The first kappa shape index (κ1) is 13.2. The van der Waals surface area contributed by atoms with Crippen LogP contribution in [0.3, 0.4) is 0 Å². The van der Waals surface area contributed by atoms with Gasteiger partial charge in [-0.3, -0.25) is 9.59 Å². The van der Waals surface area contributed by atoms with Crippen LogP contribution in [0.25, 0.3) is 0 Å². The van der Waals surface area contributed by atoms with Crippen LogP contribution >= 0.6 is 0 Å². The van der Waals surface area contributed by atoms with E-state index in [4.69, 9.17) is 6.42 Å². The highest BCUT2D eigenvalue weighted by Gasteiger charge is 2.25. The molecule has 2 amide bonds. The number of terminal acetylenes is 1. The van der Waals surface area contributed by atoms with Crippen LogP contribution in [-0.2, 0) is 9.59 Å². The normalized spacial score (nSPS) is 13.4. The number of nitrogens with zero attached hydrogens (tertiary/aromatic N) is 1. The number of nitrogens with one attached hydrogen (secondary N) is 1. The number of hydrogen-bond donors (Lipinski definition) is 1. The number of fused-ring (bicyclic) bond motifs is 1. The van der Waals surface area contributed by atoms with Crippen LogP contribution < -0.4 is 10.2 Å². The molecule has 0 aromatic heterocycles. The minimum atomic E-state index is -0.157. The first-order valence-electron chi connectivity index (χ1n) is 6.35. The van der Waals surface area contributed by atoms with Crippen molar-refractivity contribution < 1.29 is 9.59 Å². The average molecular weight is 256 g/mol. The molecule has 2 rings (SSSR count). The summed E-state index contributed by atoms with van der Waals surface area (Å²) < 4.78 is 0. The molecule has 0 unspecified atom stereocenters. The first-order chi connectivity index (χ1) is 9.22. The number of carbonyl (C=O) groups is 2. The molecule has 0 spiro atoms. The van der Waals surface area contributed by atoms with E-state index in [9.17, 15) is 9.59 Å². The van der Waals surface area contributed by atoms with Crippen LogP contribution in [0.1, 0.15) is 25.7 Å². The molecule has 19 heavy (non-hydrogen) atoms. The molecule has 4 heteroatoms. The molecule has 1 heterocycles. The van der Waals surface area contributed by atoms with E-state index in [0.717, 1.165) is 18.5 Å². The topological polar surface area (TPSA) is 49.4 Å². The fraction of sp³-hybridized carbons (Fsp3) is 0.333. The molecule has 0 radical (unpaired) electrons. The highest BCUT2D eigenvalue weighted by molar-refractivity contribution is 6.09. The van der Waals surface area contributed by atoms with E-state index in [1.54, 1.807) is 11.0 Å². The molecule has 1 aliphatic rings. The summed E-state index contributed by atoms with van der Waals surface area (Å²) in [5, 5.41) is 2.76. The maximum atomic E-state index is 12.2. The van der Waals surface area contributed by atoms with Crippen LogP contribution in [-0.4, -0.2) is 18.4 Å². The second-order valence-electron chi connectivity index (χ2n) is 4.46. The van der Waals surface area contributed by atoms with E-state index in [1.807, 2.05) is 18.2 Å². The standard InChI is InChI=1S/C15H16N2O2/c1-2-3-4-5-10-15(19)17-11-14(18)16-12-8-6-7-9-13(12)17/h1,6-9H,3-5,10-11H2,(H,16,18). The van der Waals surface area contributed by atoms with Gasteiger partial charge in [0, 0.05) is 12.8 Å². The van der Waals surface area contributed by atoms with Gasteiger partial charge in [0.15, 0.2) is 0 Å². The van der Waals surface area contributed by atoms with Gasteiger partial charge in [0.25, 0.3) is 0 Å². The number of hydrogen-bond acceptors (Lipinski definition) is 2. The number of para-hydroxylation sites is 2. The Bertz CT molecular complexity index is 531. The highest BCUT2D eigenvalue weighted by Crippen LogP contribution is 2.29. The van der Waals surface area contributed by atoms with Crippen molar-refractivity contribution in [2.24, 2.45) is 0 Å². The van der Waals surface area contributed by atoms with Gasteiger partial charge in [0.05, 0.1) is 11.4 Å². The fourth-order valence-corrected chi connectivity index (χ4v) is 2.09. The van der Waals surface area contributed by atoms with E-state index in [0.29, 0.717) is 18.5 Å². The van der Waals surface area contributed by atoms with Crippen molar-refractivity contribution in [1.29, 1.82) is 0 Å². The van der Waals surface area contributed by atoms with Crippen molar-refractivity contribution in [2.75, 3.05) is 16.8 Å². The molecule has 1 N–H and O–H groups in total. The number of benzene rings is 1. The smallest absolute Gasteiger partial charge is 0.244 e. The van der Waals surface area contributed by atoms with Crippen molar-refractivity contribution in [3.8, 4) is 12.3 Å². The number of unbranched alkanes of at least 4 members (excludes halogenated alkanes) is 2. The summed E-state index contributed by atoms with van der Waals surface area (Å²) in [6.45, 7) is 0.0883. The largest absolute Gasteiger partial charge is 0.323 e. The lowest BCUT2D eigenvalue weighted by Crippen LogP contribution is -2.42. The van der Waals surface area contributed by atoms with Gasteiger partial charge in [-0.25, -0.2) is 0 Å². The SMILES string of the molecule is C#CCCCCC(=O)N1CC(=O)Nc2ccccc21. The predicted molar refractivity (Wildman–Crippen MR) is 74.7 cm³/mol.